The summed E-state index contributed by atoms with van der Waals surface area (Å²) >= 11 is 0. The molecule has 2 aromatic carbocycles. The van der Waals surface area contributed by atoms with Crippen molar-refractivity contribution in [3.05, 3.63) is 53.1 Å². The second kappa shape index (κ2) is 7.28. The lowest BCUT2D eigenvalue weighted by atomic mass is 9.97. The van der Waals surface area contributed by atoms with Gasteiger partial charge in [0.1, 0.15) is 5.75 Å². The van der Waals surface area contributed by atoms with Crippen molar-refractivity contribution in [2.45, 2.75) is 33.7 Å². The van der Waals surface area contributed by atoms with Crippen LogP contribution in [0, 0.1) is 13.8 Å². The Morgan fingerprint density at radius 3 is 2.52 bits per heavy atom. The Hall–Kier alpha value is -1.80. The van der Waals surface area contributed by atoms with Gasteiger partial charge in [0.2, 0.25) is 0 Å². The Morgan fingerprint density at radius 2 is 1.86 bits per heavy atom. The average Bonchev–Trinajstić information content (AvgIpc) is 2.47. The fourth-order valence-electron chi connectivity index (χ4n) is 2.62. The summed E-state index contributed by atoms with van der Waals surface area (Å²) in [6.07, 6.45) is 1.14. The molecule has 2 heteroatoms. The van der Waals surface area contributed by atoms with Crippen LogP contribution < -0.4 is 10.1 Å². The van der Waals surface area contributed by atoms with Crippen LogP contribution >= 0.6 is 0 Å². The standard InChI is InChI=1S/C19H25NO/c1-5-10-20-13-17-12-16(7-9-19(17)21-4)18-8-6-14(2)11-15(18)3/h6-9,11-12,20H,5,10,13H2,1-4H3. The number of benzene rings is 2. The fourth-order valence-corrected chi connectivity index (χ4v) is 2.62. The lowest BCUT2D eigenvalue weighted by Gasteiger charge is -2.13. The summed E-state index contributed by atoms with van der Waals surface area (Å²) in [7, 11) is 1.73. The molecule has 0 bridgehead atoms. The van der Waals surface area contributed by atoms with Gasteiger partial charge >= 0.3 is 0 Å². The summed E-state index contributed by atoms with van der Waals surface area (Å²) in [4.78, 5) is 0. The SMILES string of the molecule is CCCNCc1cc(-c2ccc(C)cc2C)ccc1OC. The first-order chi connectivity index (χ1) is 10.2. The topological polar surface area (TPSA) is 21.3 Å². The molecule has 2 nitrogen and oxygen atoms in total. The van der Waals surface area contributed by atoms with Crippen molar-refractivity contribution in [1.29, 1.82) is 0 Å². The first-order valence-electron chi connectivity index (χ1n) is 7.61. The van der Waals surface area contributed by atoms with Gasteiger partial charge in [0.25, 0.3) is 0 Å². The lowest BCUT2D eigenvalue weighted by molar-refractivity contribution is 0.408. The van der Waals surface area contributed by atoms with E-state index in [0.29, 0.717) is 0 Å². The molecule has 2 aromatic rings. The molecule has 0 amide bonds. The number of nitrogens with one attached hydrogen (secondary N) is 1. The molecular formula is C19H25NO. The molecule has 0 atom stereocenters. The van der Waals surface area contributed by atoms with Crippen LogP contribution in [0.2, 0.25) is 0 Å². The minimum Gasteiger partial charge on any atom is -0.496 e. The molecule has 0 unspecified atom stereocenters. The molecule has 0 heterocycles. The number of rotatable bonds is 6. The first kappa shape index (κ1) is 15.6. The Balaban J connectivity index is 2.34. The Kier molecular flexibility index (Phi) is 5.40. The predicted octanol–water partition coefficient (Wildman–Crippen LogP) is 4.48. The number of hydrogen-bond acceptors (Lipinski definition) is 2. The van der Waals surface area contributed by atoms with Gasteiger partial charge in [-0.05, 0) is 55.6 Å². The molecule has 0 aromatic heterocycles. The maximum Gasteiger partial charge on any atom is 0.123 e. The lowest BCUT2D eigenvalue weighted by Crippen LogP contribution is -2.14. The highest BCUT2D eigenvalue weighted by Gasteiger charge is 2.07. The summed E-state index contributed by atoms with van der Waals surface area (Å²) in [5.74, 6) is 0.951. The van der Waals surface area contributed by atoms with E-state index in [9.17, 15) is 0 Å². The van der Waals surface area contributed by atoms with Gasteiger partial charge in [-0.3, -0.25) is 0 Å². The summed E-state index contributed by atoms with van der Waals surface area (Å²) in [6, 6.07) is 13.0. The third-order valence-corrected chi connectivity index (χ3v) is 3.72. The van der Waals surface area contributed by atoms with Gasteiger partial charge in [0, 0.05) is 12.1 Å². The van der Waals surface area contributed by atoms with Gasteiger partial charge in [0.05, 0.1) is 7.11 Å². The number of ether oxygens (including phenoxy) is 1. The summed E-state index contributed by atoms with van der Waals surface area (Å²) in [5, 5.41) is 3.45. The van der Waals surface area contributed by atoms with Crippen molar-refractivity contribution < 1.29 is 4.74 Å². The molecule has 1 N–H and O–H groups in total. The van der Waals surface area contributed by atoms with Crippen LogP contribution in [0.1, 0.15) is 30.0 Å². The van der Waals surface area contributed by atoms with Crippen LogP contribution in [0.5, 0.6) is 5.75 Å². The van der Waals surface area contributed by atoms with Gasteiger partial charge in [-0.1, -0.05) is 36.8 Å². The van der Waals surface area contributed by atoms with E-state index in [-0.39, 0.29) is 0 Å². The monoisotopic (exact) mass is 283 g/mol. The molecule has 0 aliphatic carbocycles. The van der Waals surface area contributed by atoms with Crippen molar-refractivity contribution >= 4 is 0 Å². The zero-order chi connectivity index (χ0) is 15.2. The molecule has 0 fully saturated rings. The van der Waals surface area contributed by atoms with Gasteiger partial charge < -0.3 is 10.1 Å². The van der Waals surface area contributed by atoms with Gasteiger partial charge in [-0.2, -0.15) is 0 Å². The van der Waals surface area contributed by atoms with Crippen molar-refractivity contribution in [3.8, 4) is 16.9 Å². The van der Waals surface area contributed by atoms with Crippen LogP contribution in [0.4, 0.5) is 0 Å². The molecule has 0 saturated heterocycles. The van der Waals surface area contributed by atoms with E-state index in [2.05, 4.69) is 62.5 Å². The highest BCUT2D eigenvalue weighted by atomic mass is 16.5. The van der Waals surface area contributed by atoms with E-state index in [1.165, 1.54) is 27.8 Å². The summed E-state index contributed by atoms with van der Waals surface area (Å²) in [5.41, 5.74) is 6.37. The first-order valence-corrected chi connectivity index (χ1v) is 7.61. The van der Waals surface area contributed by atoms with E-state index in [1.54, 1.807) is 7.11 Å². The second-order valence-electron chi connectivity index (χ2n) is 5.52. The van der Waals surface area contributed by atoms with E-state index in [4.69, 9.17) is 4.74 Å². The number of hydrogen-bond donors (Lipinski definition) is 1. The number of methoxy groups -OCH3 is 1. The van der Waals surface area contributed by atoms with Crippen LogP contribution in [0.3, 0.4) is 0 Å². The molecular weight excluding hydrogens is 258 g/mol. The molecule has 0 radical (unpaired) electrons. The minimum absolute atomic E-state index is 0.843. The van der Waals surface area contributed by atoms with Crippen LogP contribution in [0.25, 0.3) is 11.1 Å². The van der Waals surface area contributed by atoms with Crippen molar-refractivity contribution in [2.75, 3.05) is 13.7 Å². The molecule has 0 spiro atoms. The van der Waals surface area contributed by atoms with Crippen LogP contribution in [-0.2, 0) is 6.54 Å². The quantitative estimate of drug-likeness (QED) is 0.789. The third kappa shape index (κ3) is 3.85. The van der Waals surface area contributed by atoms with E-state index in [1.807, 2.05) is 0 Å². The third-order valence-electron chi connectivity index (χ3n) is 3.72. The normalized spacial score (nSPS) is 10.7. The maximum atomic E-state index is 5.48. The average molecular weight is 283 g/mol. The Morgan fingerprint density at radius 1 is 1.05 bits per heavy atom. The van der Waals surface area contributed by atoms with Gasteiger partial charge in [-0.25, -0.2) is 0 Å². The largest absolute Gasteiger partial charge is 0.496 e. The highest BCUT2D eigenvalue weighted by molar-refractivity contribution is 5.69. The fraction of sp³-hybridized carbons (Fsp3) is 0.368. The van der Waals surface area contributed by atoms with E-state index >= 15 is 0 Å². The molecule has 112 valence electrons. The van der Waals surface area contributed by atoms with Crippen LogP contribution in [0.15, 0.2) is 36.4 Å². The van der Waals surface area contributed by atoms with Crippen molar-refractivity contribution in [3.63, 3.8) is 0 Å². The van der Waals surface area contributed by atoms with Crippen LogP contribution in [-0.4, -0.2) is 13.7 Å². The predicted molar refractivity (Wildman–Crippen MR) is 89.9 cm³/mol. The molecule has 0 aliphatic heterocycles. The summed E-state index contributed by atoms with van der Waals surface area (Å²) in [6.45, 7) is 8.34. The maximum absolute atomic E-state index is 5.48. The smallest absolute Gasteiger partial charge is 0.123 e. The minimum atomic E-state index is 0.843. The summed E-state index contributed by atoms with van der Waals surface area (Å²) < 4.78 is 5.48. The Bertz CT molecular complexity index is 605. The molecule has 0 aliphatic rings. The zero-order valence-electron chi connectivity index (χ0n) is 13.5. The van der Waals surface area contributed by atoms with E-state index in [0.717, 1.165) is 25.3 Å². The number of aryl methyl sites for hydroxylation is 2. The molecule has 2 rings (SSSR count). The van der Waals surface area contributed by atoms with E-state index < -0.39 is 0 Å². The zero-order valence-corrected chi connectivity index (χ0v) is 13.5. The Labute approximate surface area is 128 Å². The van der Waals surface area contributed by atoms with Gasteiger partial charge in [0.15, 0.2) is 0 Å². The van der Waals surface area contributed by atoms with Gasteiger partial charge in [-0.15, -0.1) is 0 Å². The molecule has 0 saturated carbocycles. The highest BCUT2D eigenvalue weighted by Crippen LogP contribution is 2.29. The second-order valence-corrected chi connectivity index (χ2v) is 5.52. The van der Waals surface area contributed by atoms with Crippen molar-refractivity contribution in [2.24, 2.45) is 0 Å². The van der Waals surface area contributed by atoms with Crippen molar-refractivity contribution in [1.82, 2.24) is 5.32 Å². The molecule has 21 heavy (non-hydrogen) atoms.